The average Bonchev–Trinajstić information content (AvgIpc) is 2.59. The van der Waals surface area contributed by atoms with Gasteiger partial charge in [-0.3, -0.25) is 4.79 Å². The molecule has 1 amide bonds. The molecule has 0 bridgehead atoms. The van der Waals surface area contributed by atoms with E-state index in [4.69, 9.17) is 4.74 Å². The summed E-state index contributed by atoms with van der Waals surface area (Å²) < 4.78 is 44.4. The molecule has 1 aliphatic heterocycles. The van der Waals surface area contributed by atoms with Gasteiger partial charge in [-0.05, 0) is 55.5 Å². The normalized spacial score (nSPS) is 16.5. The Kier molecular flexibility index (Phi) is 8.70. The van der Waals surface area contributed by atoms with E-state index in [1.54, 1.807) is 0 Å². The molecule has 1 heterocycles. The minimum Gasteiger partial charge on any atom is -0.497 e. The number of carbonyl (C=O) groups is 1. The van der Waals surface area contributed by atoms with E-state index in [9.17, 15) is 18.0 Å². The maximum atomic E-state index is 13.2. The van der Waals surface area contributed by atoms with Crippen LogP contribution in [0.25, 0.3) is 0 Å². The molecule has 0 radical (unpaired) electrons. The van der Waals surface area contributed by atoms with Gasteiger partial charge in [0.2, 0.25) is 5.91 Å². The maximum Gasteiger partial charge on any atom is 0.416 e. The summed E-state index contributed by atoms with van der Waals surface area (Å²) >= 11 is 0. The number of ether oxygens (including phenoxy) is 1. The Balaban J connectivity index is 0.00000338. The standard InChI is InChI=1S/C18H25F3N2O2.ClH/c1-12(13-5-7-22-8-6-13)9-17(24)23-11-14-3-4-15(25-2)10-16(14)18(19,20)21;/h3-4,10,12-13,22H,5-9,11H2,1-2H3,(H,23,24);1H. The second-order valence-corrected chi connectivity index (χ2v) is 6.57. The predicted molar refractivity (Wildman–Crippen MR) is 96.5 cm³/mol. The number of methoxy groups -OCH3 is 1. The van der Waals surface area contributed by atoms with E-state index in [1.165, 1.54) is 19.2 Å². The second kappa shape index (κ2) is 10.0. The number of hydrogen-bond acceptors (Lipinski definition) is 3. The highest BCUT2D eigenvalue weighted by atomic mass is 35.5. The third-order valence-electron chi connectivity index (χ3n) is 4.79. The van der Waals surface area contributed by atoms with Gasteiger partial charge in [0.15, 0.2) is 0 Å². The van der Waals surface area contributed by atoms with Crippen LogP contribution in [0.5, 0.6) is 5.75 Å². The zero-order chi connectivity index (χ0) is 18.4. The van der Waals surface area contributed by atoms with Crippen molar-refractivity contribution in [1.82, 2.24) is 10.6 Å². The molecule has 1 saturated heterocycles. The summed E-state index contributed by atoms with van der Waals surface area (Å²) in [6.45, 7) is 3.80. The van der Waals surface area contributed by atoms with Crippen LogP contribution in [-0.4, -0.2) is 26.1 Å². The molecule has 1 fully saturated rings. The zero-order valence-corrected chi connectivity index (χ0v) is 15.8. The van der Waals surface area contributed by atoms with Crippen LogP contribution in [0.1, 0.15) is 37.3 Å². The van der Waals surface area contributed by atoms with Crippen molar-refractivity contribution in [3.63, 3.8) is 0 Å². The Hall–Kier alpha value is -1.47. The molecule has 1 aromatic carbocycles. The Labute approximate surface area is 158 Å². The number of hydrogen-bond donors (Lipinski definition) is 2. The third-order valence-corrected chi connectivity index (χ3v) is 4.79. The molecule has 1 aromatic rings. The van der Waals surface area contributed by atoms with E-state index in [0.29, 0.717) is 12.3 Å². The van der Waals surface area contributed by atoms with E-state index < -0.39 is 11.7 Å². The highest BCUT2D eigenvalue weighted by molar-refractivity contribution is 5.85. The molecule has 0 spiro atoms. The SMILES string of the molecule is COc1ccc(CNC(=O)CC(C)C2CCNCC2)c(C(F)(F)F)c1.Cl. The fraction of sp³-hybridized carbons (Fsp3) is 0.611. The van der Waals surface area contributed by atoms with E-state index in [0.717, 1.165) is 32.0 Å². The molecule has 1 unspecified atom stereocenters. The van der Waals surface area contributed by atoms with Crippen molar-refractivity contribution in [1.29, 1.82) is 0 Å². The number of alkyl halides is 3. The summed E-state index contributed by atoms with van der Waals surface area (Å²) in [4.78, 5) is 12.1. The molecule has 2 rings (SSSR count). The minimum atomic E-state index is -4.49. The lowest BCUT2D eigenvalue weighted by Crippen LogP contribution is -2.33. The molecular weight excluding hydrogens is 369 g/mol. The van der Waals surface area contributed by atoms with Crippen molar-refractivity contribution >= 4 is 18.3 Å². The quantitative estimate of drug-likeness (QED) is 0.772. The van der Waals surface area contributed by atoms with Crippen LogP contribution in [0.3, 0.4) is 0 Å². The molecule has 26 heavy (non-hydrogen) atoms. The summed E-state index contributed by atoms with van der Waals surface area (Å²) in [5.41, 5.74) is -0.741. The number of carbonyl (C=O) groups excluding carboxylic acids is 1. The van der Waals surface area contributed by atoms with E-state index in [-0.39, 0.29) is 42.1 Å². The highest BCUT2D eigenvalue weighted by Gasteiger charge is 2.34. The first-order valence-electron chi connectivity index (χ1n) is 8.52. The molecule has 2 N–H and O–H groups in total. The Bertz CT molecular complexity index is 590. The van der Waals surface area contributed by atoms with Crippen LogP contribution in [0.2, 0.25) is 0 Å². The number of halogens is 4. The first kappa shape index (κ1) is 22.6. The Morgan fingerprint density at radius 3 is 2.58 bits per heavy atom. The Morgan fingerprint density at radius 1 is 1.35 bits per heavy atom. The van der Waals surface area contributed by atoms with Gasteiger partial charge in [0, 0.05) is 13.0 Å². The number of benzene rings is 1. The van der Waals surface area contributed by atoms with Crippen molar-refractivity contribution in [2.45, 2.75) is 38.9 Å². The third kappa shape index (κ3) is 6.36. The Morgan fingerprint density at radius 2 is 2.00 bits per heavy atom. The lowest BCUT2D eigenvalue weighted by atomic mass is 9.84. The number of rotatable bonds is 6. The molecule has 8 heteroatoms. The monoisotopic (exact) mass is 394 g/mol. The summed E-state index contributed by atoms with van der Waals surface area (Å²) in [5.74, 6) is 0.635. The average molecular weight is 395 g/mol. The summed E-state index contributed by atoms with van der Waals surface area (Å²) in [6, 6.07) is 3.77. The van der Waals surface area contributed by atoms with Gasteiger partial charge >= 0.3 is 6.18 Å². The minimum absolute atomic E-state index is 0. The van der Waals surface area contributed by atoms with Gasteiger partial charge in [-0.15, -0.1) is 12.4 Å². The molecule has 0 aromatic heterocycles. The van der Waals surface area contributed by atoms with Crippen LogP contribution in [0, 0.1) is 11.8 Å². The molecule has 1 atom stereocenters. The molecular formula is C18H26ClF3N2O2. The van der Waals surface area contributed by atoms with Gasteiger partial charge in [-0.2, -0.15) is 13.2 Å². The van der Waals surface area contributed by atoms with Gasteiger partial charge in [-0.1, -0.05) is 13.0 Å². The van der Waals surface area contributed by atoms with Crippen molar-refractivity contribution in [2.75, 3.05) is 20.2 Å². The fourth-order valence-corrected chi connectivity index (χ4v) is 3.24. The summed E-state index contributed by atoms with van der Waals surface area (Å²) in [6.07, 6.45) is -2.09. The van der Waals surface area contributed by atoms with Crippen LogP contribution in [-0.2, 0) is 17.5 Å². The largest absolute Gasteiger partial charge is 0.497 e. The van der Waals surface area contributed by atoms with Crippen molar-refractivity contribution in [3.8, 4) is 5.75 Å². The molecule has 0 aliphatic carbocycles. The van der Waals surface area contributed by atoms with Crippen LogP contribution in [0.15, 0.2) is 18.2 Å². The smallest absolute Gasteiger partial charge is 0.416 e. The van der Waals surface area contributed by atoms with Crippen molar-refractivity contribution in [2.24, 2.45) is 11.8 Å². The highest BCUT2D eigenvalue weighted by Crippen LogP contribution is 2.34. The number of nitrogens with one attached hydrogen (secondary N) is 2. The second-order valence-electron chi connectivity index (χ2n) is 6.57. The van der Waals surface area contributed by atoms with Crippen LogP contribution < -0.4 is 15.4 Å². The first-order valence-corrected chi connectivity index (χ1v) is 8.52. The number of amides is 1. The van der Waals surface area contributed by atoms with Gasteiger partial charge in [0.05, 0.1) is 12.7 Å². The van der Waals surface area contributed by atoms with E-state index >= 15 is 0 Å². The summed E-state index contributed by atoms with van der Waals surface area (Å²) in [7, 11) is 1.32. The van der Waals surface area contributed by atoms with Crippen LogP contribution >= 0.6 is 12.4 Å². The van der Waals surface area contributed by atoms with Crippen molar-refractivity contribution in [3.05, 3.63) is 29.3 Å². The van der Waals surface area contributed by atoms with Crippen LogP contribution in [0.4, 0.5) is 13.2 Å². The molecule has 1 aliphatic rings. The lowest BCUT2D eigenvalue weighted by Gasteiger charge is -2.28. The number of piperidine rings is 1. The maximum absolute atomic E-state index is 13.2. The zero-order valence-electron chi connectivity index (χ0n) is 15.0. The first-order chi connectivity index (χ1) is 11.8. The molecule has 148 valence electrons. The molecule has 4 nitrogen and oxygen atoms in total. The van der Waals surface area contributed by atoms with E-state index in [2.05, 4.69) is 10.6 Å². The van der Waals surface area contributed by atoms with Gasteiger partial charge in [-0.25, -0.2) is 0 Å². The van der Waals surface area contributed by atoms with Gasteiger partial charge < -0.3 is 15.4 Å². The van der Waals surface area contributed by atoms with Gasteiger partial charge in [0.1, 0.15) is 5.75 Å². The van der Waals surface area contributed by atoms with E-state index in [1.807, 2.05) is 6.92 Å². The molecule has 0 saturated carbocycles. The summed E-state index contributed by atoms with van der Waals surface area (Å²) in [5, 5.41) is 5.91. The fourth-order valence-electron chi connectivity index (χ4n) is 3.24. The lowest BCUT2D eigenvalue weighted by molar-refractivity contribution is -0.138. The van der Waals surface area contributed by atoms with Crippen molar-refractivity contribution < 1.29 is 22.7 Å². The predicted octanol–water partition coefficient (Wildman–Crippen LogP) is 3.78. The van der Waals surface area contributed by atoms with Gasteiger partial charge in [0.25, 0.3) is 0 Å². The topological polar surface area (TPSA) is 50.4 Å².